The summed E-state index contributed by atoms with van der Waals surface area (Å²) in [7, 11) is 0. The molecule has 0 fully saturated rings. The summed E-state index contributed by atoms with van der Waals surface area (Å²) in [5.41, 5.74) is 1.49. The first kappa shape index (κ1) is 17.7. The Bertz CT molecular complexity index is 1090. The summed E-state index contributed by atoms with van der Waals surface area (Å²) < 4.78 is 24.5. The van der Waals surface area contributed by atoms with Crippen molar-refractivity contribution in [1.82, 2.24) is 0 Å². The molecular weight excluding hydrogens is 359 g/mol. The highest BCUT2D eigenvalue weighted by Gasteiger charge is 2.27. The molecule has 0 aromatic heterocycles. The van der Waals surface area contributed by atoms with Crippen LogP contribution >= 0.6 is 0 Å². The normalized spacial score (nSPS) is 13.9. The number of Topliss-reactive ketones (excluding diaryl/α,β-unsaturated/α-hetero) is 2. The van der Waals surface area contributed by atoms with E-state index < -0.39 is 5.82 Å². The predicted molar refractivity (Wildman–Crippen MR) is 102 cm³/mol. The van der Waals surface area contributed by atoms with Crippen LogP contribution in [0.4, 0.5) is 4.39 Å². The Labute approximate surface area is 160 Å². The van der Waals surface area contributed by atoms with E-state index in [2.05, 4.69) is 0 Å². The molecule has 0 N–H and O–H groups in total. The zero-order valence-corrected chi connectivity index (χ0v) is 14.7. The number of halogens is 1. The zero-order valence-electron chi connectivity index (χ0n) is 14.7. The largest absolute Gasteiger partial charge is 0.485 e. The van der Waals surface area contributed by atoms with Crippen molar-refractivity contribution in [1.29, 1.82) is 0 Å². The molecule has 138 valence electrons. The van der Waals surface area contributed by atoms with Crippen LogP contribution in [0.1, 0.15) is 26.3 Å². The van der Waals surface area contributed by atoms with Gasteiger partial charge in [0, 0.05) is 11.6 Å². The van der Waals surface area contributed by atoms with Crippen LogP contribution < -0.4 is 9.47 Å². The van der Waals surface area contributed by atoms with Gasteiger partial charge in [0.05, 0.1) is 5.56 Å². The van der Waals surface area contributed by atoms with Crippen molar-refractivity contribution in [2.45, 2.75) is 0 Å². The average Bonchev–Trinajstić information content (AvgIpc) is 3.01. The van der Waals surface area contributed by atoms with E-state index in [-0.39, 0.29) is 23.9 Å². The SMILES string of the molecule is O=C(COc1ccc2c(c1)O/C(=C/c1cccc(F)c1)C2=O)c1ccccc1. The number of carbonyl (C=O) groups is 2. The molecule has 0 bridgehead atoms. The molecule has 0 aliphatic carbocycles. The molecule has 0 spiro atoms. The minimum Gasteiger partial charge on any atom is -0.485 e. The molecule has 4 nitrogen and oxygen atoms in total. The molecule has 1 aliphatic heterocycles. The lowest BCUT2D eigenvalue weighted by molar-refractivity contribution is 0.0921. The standard InChI is InChI=1S/C23H15FO4/c24-17-8-4-5-15(11-17)12-22-23(26)19-10-9-18(13-21(19)28-22)27-14-20(25)16-6-2-1-3-7-16/h1-13H,14H2/b22-12+. The van der Waals surface area contributed by atoms with Gasteiger partial charge in [-0.25, -0.2) is 4.39 Å². The van der Waals surface area contributed by atoms with Gasteiger partial charge in [-0.3, -0.25) is 9.59 Å². The van der Waals surface area contributed by atoms with Crippen molar-refractivity contribution in [3.63, 3.8) is 0 Å². The number of rotatable bonds is 5. The van der Waals surface area contributed by atoms with Crippen molar-refractivity contribution in [3.8, 4) is 11.5 Å². The first-order valence-electron chi connectivity index (χ1n) is 8.65. The van der Waals surface area contributed by atoms with Crippen LogP contribution in [-0.2, 0) is 0 Å². The lowest BCUT2D eigenvalue weighted by atomic mass is 10.1. The van der Waals surface area contributed by atoms with Gasteiger partial charge < -0.3 is 9.47 Å². The van der Waals surface area contributed by atoms with Crippen molar-refractivity contribution in [2.75, 3.05) is 6.61 Å². The molecule has 0 atom stereocenters. The minimum atomic E-state index is -0.393. The highest BCUT2D eigenvalue weighted by atomic mass is 19.1. The molecule has 0 unspecified atom stereocenters. The molecule has 4 rings (SSSR count). The number of fused-ring (bicyclic) bond motifs is 1. The van der Waals surface area contributed by atoms with Gasteiger partial charge in [0.25, 0.3) is 0 Å². The Morgan fingerprint density at radius 1 is 1.00 bits per heavy atom. The Morgan fingerprint density at radius 2 is 1.82 bits per heavy atom. The number of hydrogen-bond donors (Lipinski definition) is 0. The summed E-state index contributed by atoms with van der Waals surface area (Å²) >= 11 is 0. The second-order valence-corrected chi connectivity index (χ2v) is 6.23. The number of ether oxygens (including phenoxy) is 2. The third kappa shape index (κ3) is 3.69. The van der Waals surface area contributed by atoms with Gasteiger partial charge in [-0.05, 0) is 35.9 Å². The second kappa shape index (κ2) is 7.48. The molecule has 0 saturated heterocycles. The fourth-order valence-corrected chi connectivity index (χ4v) is 2.86. The highest BCUT2D eigenvalue weighted by Crippen LogP contribution is 2.35. The summed E-state index contributed by atoms with van der Waals surface area (Å²) in [6.07, 6.45) is 1.49. The van der Waals surface area contributed by atoms with E-state index in [1.165, 1.54) is 18.2 Å². The molecule has 0 radical (unpaired) electrons. The fourth-order valence-electron chi connectivity index (χ4n) is 2.86. The van der Waals surface area contributed by atoms with Crippen LogP contribution in [-0.4, -0.2) is 18.2 Å². The maximum absolute atomic E-state index is 13.3. The summed E-state index contributed by atoms with van der Waals surface area (Å²) in [5.74, 6) is 0.0466. The number of carbonyl (C=O) groups excluding carboxylic acids is 2. The lowest BCUT2D eigenvalue weighted by Gasteiger charge is -2.06. The van der Waals surface area contributed by atoms with E-state index in [4.69, 9.17) is 9.47 Å². The third-order valence-corrected chi connectivity index (χ3v) is 4.25. The van der Waals surface area contributed by atoms with Gasteiger partial charge in [0.1, 0.15) is 17.3 Å². The molecule has 5 heteroatoms. The van der Waals surface area contributed by atoms with Crippen LogP contribution in [0.15, 0.2) is 78.6 Å². The quantitative estimate of drug-likeness (QED) is 0.480. The first-order valence-corrected chi connectivity index (χ1v) is 8.65. The lowest BCUT2D eigenvalue weighted by Crippen LogP contribution is -2.11. The first-order chi connectivity index (χ1) is 13.6. The molecule has 0 saturated carbocycles. The third-order valence-electron chi connectivity index (χ3n) is 4.25. The average molecular weight is 374 g/mol. The molecule has 0 amide bonds. The Morgan fingerprint density at radius 3 is 2.61 bits per heavy atom. The minimum absolute atomic E-state index is 0.109. The fraction of sp³-hybridized carbons (Fsp3) is 0.0435. The van der Waals surface area contributed by atoms with E-state index in [1.54, 1.807) is 54.6 Å². The van der Waals surface area contributed by atoms with Gasteiger partial charge in [0.15, 0.2) is 18.1 Å². The van der Waals surface area contributed by atoms with Crippen LogP contribution in [0.5, 0.6) is 11.5 Å². The van der Waals surface area contributed by atoms with Crippen LogP contribution in [0.25, 0.3) is 6.08 Å². The van der Waals surface area contributed by atoms with Crippen LogP contribution in [0, 0.1) is 5.82 Å². The highest BCUT2D eigenvalue weighted by molar-refractivity contribution is 6.14. The van der Waals surface area contributed by atoms with Crippen molar-refractivity contribution in [3.05, 3.63) is 101 Å². The van der Waals surface area contributed by atoms with E-state index in [0.29, 0.717) is 28.2 Å². The molecule has 3 aromatic carbocycles. The van der Waals surface area contributed by atoms with E-state index in [9.17, 15) is 14.0 Å². The zero-order chi connectivity index (χ0) is 19.5. The summed E-state index contributed by atoms with van der Waals surface area (Å²) in [5, 5.41) is 0. The van der Waals surface area contributed by atoms with Crippen molar-refractivity contribution in [2.24, 2.45) is 0 Å². The molecule has 28 heavy (non-hydrogen) atoms. The Kier molecular flexibility index (Phi) is 4.72. The van der Waals surface area contributed by atoms with Gasteiger partial charge in [-0.2, -0.15) is 0 Å². The van der Waals surface area contributed by atoms with Gasteiger partial charge in [-0.1, -0.05) is 42.5 Å². The predicted octanol–water partition coefficient (Wildman–Crippen LogP) is 4.70. The summed E-state index contributed by atoms with van der Waals surface area (Å²) in [4.78, 5) is 24.6. The smallest absolute Gasteiger partial charge is 0.231 e. The van der Waals surface area contributed by atoms with E-state index in [0.717, 1.165) is 0 Å². The molecule has 1 aliphatic rings. The monoisotopic (exact) mass is 374 g/mol. The van der Waals surface area contributed by atoms with Crippen molar-refractivity contribution < 1.29 is 23.5 Å². The van der Waals surface area contributed by atoms with Crippen molar-refractivity contribution >= 4 is 17.6 Å². The van der Waals surface area contributed by atoms with Crippen LogP contribution in [0.2, 0.25) is 0 Å². The molecule has 3 aromatic rings. The van der Waals surface area contributed by atoms with Crippen LogP contribution in [0.3, 0.4) is 0 Å². The number of ketones is 2. The maximum atomic E-state index is 13.3. The van der Waals surface area contributed by atoms with E-state index >= 15 is 0 Å². The molecule has 1 heterocycles. The second-order valence-electron chi connectivity index (χ2n) is 6.23. The summed E-state index contributed by atoms with van der Waals surface area (Å²) in [6, 6.07) is 19.5. The topological polar surface area (TPSA) is 52.6 Å². The Balaban J connectivity index is 1.49. The summed E-state index contributed by atoms with van der Waals surface area (Å²) in [6.45, 7) is -0.122. The van der Waals surface area contributed by atoms with Gasteiger partial charge in [-0.15, -0.1) is 0 Å². The number of allylic oxidation sites excluding steroid dienone is 1. The van der Waals surface area contributed by atoms with Gasteiger partial charge >= 0.3 is 0 Å². The van der Waals surface area contributed by atoms with E-state index in [1.807, 2.05) is 6.07 Å². The maximum Gasteiger partial charge on any atom is 0.231 e. The van der Waals surface area contributed by atoms with Gasteiger partial charge in [0.2, 0.25) is 5.78 Å². The Hall–Kier alpha value is -3.73. The molecular formula is C23H15FO4. The number of benzene rings is 3. The number of hydrogen-bond acceptors (Lipinski definition) is 4.